The minimum absolute atomic E-state index is 0.202. The summed E-state index contributed by atoms with van der Waals surface area (Å²) in [5, 5.41) is 17.1. The number of ketones is 1. The van der Waals surface area contributed by atoms with Gasteiger partial charge in [-0.05, 0) is 43.7 Å². The second-order valence-electron chi connectivity index (χ2n) is 10.6. The molecule has 3 unspecified atom stereocenters. The highest BCUT2D eigenvalue weighted by Gasteiger charge is 2.40. The zero-order valence-electron chi connectivity index (χ0n) is 23.2. The lowest BCUT2D eigenvalue weighted by Crippen LogP contribution is -2.57. The molecule has 3 aromatic rings. The fourth-order valence-electron chi connectivity index (χ4n) is 4.67. The summed E-state index contributed by atoms with van der Waals surface area (Å²) >= 11 is 0. The van der Waals surface area contributed by atoms with Crippen LogP contribution < -0.4 is 10.6 Å². The SMILES string of the molecule is Cc1oncc1C(=O)NC(C(=O)N1CCCC1C(=O)NC(C(=O)c1nnc(-c2ccccc2)o1)C(C)C)C(C)C. The van der Waals surface area contributed by atoms with Gasteiger partial charge in [-0.3, -0.25) is 19.2 Å². The van der Waals surface area contributed by atoms with E-state index in [-0.39, 0.29) is 35.1 Å². The van der Waals surface area contributed by atoms with Crippen LogP contribution >= 0.6 is 0 Å². The van der Waals surface area contributed by atoms with Crippen LogP contribution in [0.2, 0.25) is 0 Å². The molecule has 3 atom stereocenters. The number of likely N-dealkylation sites (tertiary alicyclic amines) is 1. The molecule has 2 aromatic heterocycles. The first-order valence-electron chi connectivity index (χ1n) is 13.3. The maximum Gasteiger partial charge on any atom is 0.286 e. The van der Waals surface area contributed by atoms with Gasteiger partial charge in [0.25, 0.3) is 11.8 Å². The quantitative estimate of drug-likeness (QED) is 0.362. The number of hydrogen-bond acceptors (Lipinski definition) is 9. The number of nitrogens with zero attached hydrogens (tertiary/aromatic N) is 4. The number of nitrogens with one attached hydrogen (secondary N) is 2. The van der Waals surface area contributed by atoms with Crippen LogP contribution in [0.5, 0.6) is 0 Å². The molecule has 1 aromatic carbocycles. The van der Waals surface area contributed by atoms with Gasteiger partial charge in [0.05, 0.1) is 12.2 Å². The first kappa shape index (κ1) is 28.7. The Labute approximate surface area is 231 Å². The number of amides is 3. The molecule has 0 aliphatic carbocycles. The summed E-state index contributed by atoms with van der Waals surface area (Å²) in [6.45, 7) is 9.19. The fraction of sp³-hybridized carbons (Fsp3) is 0.464. The molecule has 40 heavy (non-hydrogen) atoms. The molecule has 3 amide bonds. The van der Waals surface area contributed by atoms with Crippen LogP contribution in [0.15, 0.2) is 45.5 Å². The second-order valence-corrected chi connectivity index (χ2v) is 10.6. The number of aryl methyl sites for hydroxylation is 1. The Kier molecular flexibility index (Phi) is 8.76. The molecule has 12 heteroatoms. The van der Waals surface area contributed by atoms with Gasteiger partial charge in [-0.2, -0.15) is 0 Å². The lowest BCUT2D eigenvalue weighted by atomic mass is 9.98. The molecule has 3 heterocycles. The molecule has 2 N–H and O–H groups in total. The smallest absolute Gasteiger partial charge is 0.286 e. The highest BCUT2D eigenvalue weighted by Crippen LogP contribution is 2.23. The largest absolute Gasteiger partial charge is 0.414 e. The van der Waals surface area contributed by atoms with Crippen molar-refractivity contribution in [3.8, 4) is 11.5 Å². The van der Waals surface area contributed by atoms with Gasteiger partial charge in [0.2, 0.25) is 23.5 Å². The molecule has 0 saturated carbocycles. The van der Waals surface area contributed by atoms with E-state index in [1.54, 1.807) is 32.9 Å². The predicted molar refractivity (Wildman–Crippen MR) is 143 cm³/mol. The van der Waals surface area contributed by atoms with Crippen molar-refractivity contribution in [3.05, 3.63) is 53.7 Å². The molecule has 1 saturated heterocycles. The van der Waals surface area contributed by atoms with Crippen molar-refractivity contribution < 1.29 is 28.1 Å². The third-order valence-corrected chi connectivity index (χ3v) is 6.96. The Balaban J connectivity index is 1.47. The van der Waals surface area contributed by atoms with Crippen molar-refractivity contribution in [1.29, 1.82) is 0 Å². The maximum absolute atomic E-state index is 13.6. The Hall–Kier alpha value is -4.35. The van der Waals surface area contributed by atoms with Gasteiger partial charge >= 0.3 is 0 Å². The number of rotatable bonds is 10. The average molecular weight is 551 g/mol. The van der Waals surface area contributed by atoms with E-state index in [0.717, 1.165) is 0 Å². The van der Waals surface area contributed by atoms with Gasteiger partial charge < -0.3 is 24.5 Å². The van der Waals surface area contributed by atoms with E-state index >= 15 is 0 Å². The van der Waals surface area contributed by atoms with Crippen molar-refractivity contribution in [3.63, 3.8) is 0 Å². The average Bonchev–Trinajstić information content (AvgIpc) is 3.70. The molecular formula is C28H34N6O6. The Bertz CT molecular complexity index is 1360. The number of Topliss-reactive ketones (excluding diaryl/α,β-unsaturated/α-hetero) is 1. The van der Waals surface area contributed by atoms with E-state index in [0.29, 0.717) is 30.7 Å². The number of aromatic nitrogens is 3. The van der Waals surface area contributed by atoms with E-state index in [9.17, 15) is 19.2 Å². The van der Waals surface area contributed by atoms with E-state index < -0.39 is 35.7 Å². The maximum atomic E-state index is 13.6. The number of benzene rings is 1. The van der Waals surface area contributed by atoms with Crippen LogP contribution in [0.25, 0.3) is 11.5 Å². The molecule has 1 fully saturated rings. The van der Waals surface area contributed by atoms with E-state index in [1.165, 1.54) is 11.1 Å². The van der Waals surface area contributed by atoms with Gasteiger partial charge in [0.15, 0.2) is 0 Å². The van der Waals surface area contributed by atoms with Gasteiger partial charge in [-0.25, -0.2) is 0 Å². The zero-order valence-corrected chi connectivity index (χ0v) is 23.2. The standard InChI is InChI=1S/C28H34N6O6/c1-15(2)21(23(35)27-33-32-26(39-27)18-10-7-6-8-11-18)30-25(37)20-12-9-13-34(20)28(38)22(16(3)4)31-24(36)19-14-29-40-17(19)5/h6-8,10-11,14-16,20-22H,9,12-13H2,1-5H3,(H,30,37)(H,31,36). The lowest BCUT2D eigenvalue weighted by Gasteiger charge is -2.31. The number of hydrogen-bond donors (Lipinski definition) is 2. The van der Waals surface area contributed by atoms with Crippen molar-refractivity contribution >= 4 is 23.5 Å². The normalized spacial score (nSPS) is 16.7. The molecule has 4 rings (SSSR count). The van der Waals surface area contributed by atoms with Gasteiger partial charge in [0, 0.05) is 12.1 Å². The first-order valence-corrected chi connectivity index (χ1v) is 13.3. The van der Waals surface area contributed by atoms with Crippen LogP contribution in [-0.4, -0.2) is 68.4 Å². The lowest BCUT2D eigenvalue weighted by molar-refractivity contribution is -0.140. The topological polar surface area (TPSA) is 161 Å². The minimum Gasteiger partial charge on any atom is -0.414 e. The summed E-state index contributed by atoms with van der Waals surface area (Å²) in [6.07, 6.45) is 2.34. The summed E-state index contributed by atoms with van der Waals surface area (Å²) in [6, 6.07) is 6.46. The van der Waals surface area contributed by atoms with E-state index in [1.807, 2.05) is 32.0 Å². The van der Waals surface area contributed by atoms with Gasteiger partial charge in [-0.15, -0.1) is 10.2 Å². The van der Waals surface area contributed by atoms with Gasteiger partial charge in [0.1, 0.15) is 23.4 Å². The summed E-state index contributed by atoms with van der Waals surface area (Å²) in [7, 11) is 0. The third kappa shape index (κ3) is 6.11. The molecular weight excluding hydrogens is 516 g/mol. The van der Waals surface area contributed by atoms with Crippen molar-refractivity contribution in [2.45, 2.75) is 65.6 Å². The molecule has 0 radical (unpaired) electrons. The van der Waals surface area contributed by atoms with Crippen molar-refractivity contribution in [2.24, 2.45) is 11.8 Å². The minimum atomic E-state index is -0.939. The highest BCUT2D eigenvalue weighted by molar-refractivity contribution is 6.01. The second kappa shape index (κ2) is 12.2. The van der Waals surface area contributed by atoms with Crippen LogP contribution in [0.1, 0.15) is 67.3 Å². The monoisotopic (exact) mass is 550 g/mol. The van der Waals surface area contributed by atoms with E-state index in [4.69, 9.17) is 8.94 Å². The molecule has 0 spiro atoms. The van der Waals surface area contributed by atoms with Crippen LogP contribution in [0.3, 0.4) is 0 Å². The van der Waals surface area contributed by atoms with Crippen molar-refractivity contribution in [2.75, 3.05) is 6.54 Å². The van der Waals surface area contributed by atoms with Crippen LogP contribution in [-0.2, 0) is 9.59 Å². The Morgan fingerprint density at radius 3 is 2.30 bits per heavy atom. The Morgan fingerprint density at radius 2 is 1.68 bits per heavy atom. The summed E-state index contributed by atoms with van der Waals surface area (Å²) in [5.74, 6) is -2.01. The molecule has 1 aliphatic rings. The first-order chi connectivity index (χ1) is 19.1. The molecule has 212 valence electrons. The fourth-order valence-corrected chi connectivity index (χ4v) is 4.67. The predicted octanol–water partition coefficient (Wildman–Crippen LogP) is 2.80. The van der Waals surface area contributed by atoms with Crippen LogP contribution in [0.4, 0.5) is 0 Å². The molecule has 1 aliphatic heterocycles. The zero-order chi connectivity index (χ0) is 29.0. The third-order valence-electron chi connectivity index (χ3n) is 6.96. The van der Waals surface area contributed by atoms with E-state index in [2.05, 4.69) is 26.0 Å². The summed E-state index contributed by atoms with van der Waals surface area (Å²) in [4.78, 5) is 54.6. The highest BCUT2D eigenvalue weighted by atomic mass is 16.5. The molecule has 12 nitrogen and oxygen atoms in total. The summed E-state index contributed by atoms with van der Waals surface area (Å²) < 4.78 is 10.6. The number of carbonyl (C=O) groups is 4. The van der Waals surface area contributed by atoms with Crippen LogP contribution in [0, 0.1) is 18.8 Å². The Morgan fingerprint density at radius 1 is 0.975 bits per heavy atom. The van der Waals surface area contributed by atoms with Crippen molar-refractivity contribution in [1.82, 2.24) is 30.9 Å². The van der Waals surface area contributed by atoms with Gasteiger partial charge in [-0.1, -0.05) is 51.1 Å². The summed E-state index contributed by atoms with van der Waals surface area (Å²) in [5.41, 5.74) is 0.911. The molecule has 0 bridgehead atoms. The number of carbonyl (C=O) groups excluding carboxylic acids is 4.